The van der Waals surface area contributed by atoms with Crippen molar-refractivity contribution in [1.82, 2.24) is 14.6 Å². The number of carbonyl (C=O) groups excluding carboxylic acids is 1. The Labute approximate surface area is 193 Å². The Morgan fingerprint density at radius 2 is 2.09 bits per heavy atom. The maximum Gasteiger partial charge on any atom is 0.459 e. The van der Waals surface area contributed by atoms with Crippen LogP contribution >= 0.6 is 7.75 Å². The van der Waals surface area contributed by atoms with Crippen molar-refractivity contribution in [2.24, 2.45) is 0 Å². The lowest BCUT2D eigenvalue weighted by atomic mass is 9.98. The second-order valence-electron chi connectivity index (χ2n) is 8.00. The predicted molar refractivity (Wildman–Crippen MR) is 115 cm³/mol. The van der Waals surface area contributed by atoms with Gasteiger partial charge in [0.1, 0.15) is 29.8 Å². The van der Waals surface area contributed by atoms with E-state index in [1.165, 1.54) is 24.4 Å². The highest BCUT2D eigenvalue weighted by atomic mass is 31.2. The number of aliphatic hydroxyl groups is 1. The molecule has 0 spiro atoms. The van der Waals surface area contributed by atoms with Crippen LogP contribution in [0.1, 0.15) is 19.6 Å². The summed E-state index contributed by atoms with van der Waals surface area (Å²) in [5, 5.41) is 13.1. The largest absolute Gasteiger partial charge is 0.464 e. The van der Waals surface area contributed by atoms with Gasteiger partial charge >= 0.3 is 19.4 Å². The third-order valence-electron chi connectivity index (χ3n) is 5.45. The van der Waals surface area contributed by atoms with Crippen LogP contribution < -0.4 is 21.0 Å². The number of esters is 1. The summed E-state index contributed by atoms with van der Waals surface area (Å²) in [6.07, 6.45) is -3.22. The Kier molecular flexibility index (Phi) is 6.74. The molecule has 2 aromatic rings. The Bertz CT molecular complexity index is 1150. The number of alkyl halides is 1. The van der Waals surface area contributed by atoms with Crippen LogP contribution in [0.5, 0.6) is 5.75 Å². The zero-order valence-electron chi connectivity index (χ0n) is 18.1. The highest BCUT2D eigenvalue weighted by Crippen LogP contribution is 2.48. The molecular weight excluding hydrogens is 474 g/mol. The lowest BCUT2D eigenvalue weighted by Gasteiger charge is -2.25. The summed E-state index contributed by atoms with van der Waals surface area (Å²) < 4.78 is 51.1. The topological polar surface area (TPSA) is 164 Å². The standard InChI is InChI=1S/C20H24FN4O8P/c1-20(21)16(26)14(32-18(20)25-9-7-15(22)23-19(25)28)11-31-34(29,24-13-8-10-30-17(13)27)33-12-5-3-2-4-6-12/h2-7,9,13-14,16,18,26H,8,10-11H2,1H3,(H,24,29)(H2,22,23,28)/t13?,14-,16-,18-,20-,34?/m1/s1. The molecule has 0 radical (unpaired) electrons. The molecule has 0 saturated carbocycles. The highest BCUT2D eigenvalue weighted by molar-refractivity contribution is 7.52. The minimum atomic E-state index is -4.22. The van der Waals surface area contributed by atoms with E-state index in [1.807, 2.05) is 0 Å². The summed E-state index contributed by atoms with van der Waals surface area (Å²) >= 11 is 0. The molecule has 3 heterocycles. The first kappa shape index (κ1) is 24.3. The number of aliphatic hydroxyl groups excluding tert-OH is 1. The number of cyclic esters (lactones) is 1. The second kappa shape index (κ2) is 9.43. The smallest absolute Gasteiger partial charge is 0.459 e. The number of carbonyl (C=O) groups is 1. The lowest BCUT2D eigenvalue weighted by molar-refractivity contribution is -0.139. The van der Waals surface area contributed by atoms with E-state index in [2.05, 4.69) is 10.1 Å². The fourth-order valence-corrected chi connectivity index (χ4v) is 5.18. The van der Waals surface area contributed by atoms with Crippen molar-refractivity contribution in [3.63, 3.8) is 0 Å². The number of halogens is 1. The number of nitrogens with two attached hydrogens (primary N) is 1. The van der Waals surface area contributed by atoms with Crippen molar-refractivity contribution in [3.05, 3.63) is 53.1 Å². The Morgan fingerprint density at radius 3 is 2.74 bits per heavy atom. The van der Waals surface area contributed by atoms with Crippen LogP contribution in [0.25, 0.3) is 0 Å². The number of nitrogens with zero attached hydrogens (tertiary/aromatic N) is 2. The van der Waals surface area contributed by atoms with Crippen LogP contribution in [-0.4, -0.2) is 57.8 Å². The number of nitrogens with one attached hydrogen (secondary N) is 1. The molecule has 0 amide bonds. The molecule has 2 aliphatic rings. The van der Waals surface area contributed by atoms with Gasteiger partial charge in [0.15, 0.2) is 11.9 Å². The van der Waals surface area contributed by atoms with Gasteiger partial charge in [-0.25, -0.2) is 13.8 Å². The summed E-state index contributed by atoms with van der Waals surface area (Å²) in [6, 6.07) is 8.41. The van der Waals surface area contributed by atoms with E-state index < -0.39 is 56.2 Å². The van der Waals surface area contributed by atoms with Crippen molar-refractivity contribution < 1.29 is 37.4 Å². The van der Waals surface area contributed by atoms with Crippen molar-refractivity contribution in [1.29, 1.82) is 0 Å². The molecule has 12 nitrogen and oxygen atoms in total. The van der Waals surface area contributed by atoms with Gasteiger partial charge in [0.25, 0.3) is 0 Å². The van der Waals surface area contributed by atoms with Gasteiger partial charge in [0.05, 0.1) is 13.2 Å². The first-order chi connectivity index (χ1) is 16.1. The molecule has 6 atom stereocenters. The maximum absolute atomic E-state index is 15.4. The van der Waals surface area contributed by atoms with Crippen molar-refractivity contribution in [3.8, 4) is 5.75 Å². The SMILES string of the molecule is C[C@@]1(F)[C@H](O)[C@@H](COP(=O)(NC2CCOC2=O)Oc2ccccc2)O[C@H]1n1ccc(N)nc1=O. The quantitative estimate of drug-likeness (QED) is 0.350. The molecule has 2 unspecified atom stereocenters. The first-order valence-electron chi connectivity index (χ1n) is 10.4. The molecule has 14 heteroatoms. The van der Waals surface area contributed by atoms with Crippen LogP contribution in [0.15, 0.2) is 47.4 Å². The number of hydrogen-bond donors (Lipinski definition) is 3. The Balaban J connectivity index is 1.52. The van der Waals surface area contributed by atoms with Gasteiger partial charge in [-0.15, -0.1) is 0 Å². The van der Waals surface area contributed by atoms with Crippen molar-refractivity contribution in [2.45, 2.75) is 43.5 Å². The fourth-order valence-electron chi connectivity index (χ4n) is 3.64. The highest BCUT2D eigenvalue weighted by Gasteiger charge is 2.56. The number of rotatable bonds is 8. The third kappa shape index (κ3) is 4.98. The van der Waals surface area contributed by atoms with Gasteiger partial charge in [-0.05, 0) is 25.1 Å². The number of hydrogen-bond acceptors (Lipinski definition) is 10. The van der Waals surface area contributed by atoms with E-state index in [4.69, 9.17) is 24.3 Å². The molecule has 4 N–H and O–H groups in total. The Hall–Kier alpha value is -2.83. The normalized spacial score (nSPS) is 30.6. The summed E-state index contributed by atoms with van der Waals surface area (Å²) in [5.41, 5.74) is 2.17. The number of aromatic nitrogens is 2. The van der Waals surface area contributed by atoms with Crippen molar-refractivity contribution >= 4 is 19.5 Å². The Morgan fingerprint density at radius 1 is 1.35 bits per heavy atom. The molecule has 2 aliphatic heterocycles. The molecule has 1 aromatic carbocycles. The zero-order valence-corrected chi connectivity index (χ0v) is 19.0. The lowest BCUT2D eigenvalue weighted by Crippen LogP contribution is -2.43. The fraction of sp³-hybridized carbons (Fsp3) is 0.450. The van der Waals surface area contributed by atoms with Gasteiger partial charge in [0.2, 0.25) is 0 Å². The summed E-state index contributed by atoms with van der Waals surface area (Å²) in [5.74, 6) is -0.495. The first-order valence-corrected chi connectivity index (χ1v) is 11.9. The van der Waals surface area contributed by atoms with E-state index >= 15 is 4.39 Å². The molecule has 4 rings (SSSR count). The van der Waals surface area contributed by atoms with Crippen LogP contribution in [0.4, 0.5) is 10.2 Å². The molecule has 34 heavy (non-hydrogen) atoms. The van der Waals surface area contributed by atoms with Crippen molar-refractivity contribution in [2.75, 3.05) is 18.9 Å². The third-order valence-corrected chi connectivity index (χ3v) is 7.02. The van der Waals surface area contributed by atoms with Crippen LogP contribution in [0, 0.1) is 0 Å². The van der Waals surface area contributed by atoms with Gasteiger partial charge in [-0.3, -0.25) is 13.9 Å². The molecule has 0 aliphatic carbocycles. The zero-order chi connectivity index (χ0) is 24.5. The van der Waals surface area contributed by atoms with Gasteiger partial charge in [0, 0.05) is 12.6 Å². The maximum atomic E-state index is 15.4. The van der Waals surface area contributed by atoms with Gasteiger partial charge in [-0.1, -0.05) is 18.2 Å². The van der Waals surface area contributed by atoms with E-state index in [0.717, 1.165) is 11.5 Å². The average Bonchev–Trinajstić information content (AvgIpc) is 3.28. The number of para-hydroxylation sites is 1. The summed E-state index contributed by atoms with van der Waals surface area (Å²) in [7, 11) is -4.22. The second-order valence-corrected chi connectivity index (χ2v) is 9.69. The molecule has 2 saturated heterocycles. The van der Waals surface area contributed by atoms with Crippen LogP contribution in [0.2, 0.25) is 0 Å². The van der Waals surface area contributed by atoms with Gasteiger partial charge in [-0.2, -0.15) is 10.1 Å². The monoisotopic (exact) mass is 498 g/mol. The minimum absolute atomic E-state index is 0.0595. The van der Waals surface area contributed by atoms with E-state index in [0.29, 0.717) is 0 Å². The molecular formula is C20H24FN4O8P. The van der Waals surface area contributed by atoms with Crippen LogP contribution in [-0.2, 0) is 23.4 Å². The number of benzene rings is 1. The number of anilines is 1. The predicted octanol–water partition coefficient (Wildman–Crippen LogP) is 0.921. The number of nitrogen functional groups attached to an aromatic ring is 1. The average molecular weight is 498 g/mol. The molecule has 1 aromatic heterocycles. The minimum Gasteiger partial charge on any atom is -0.464 e. The number of ether oxygens (including phenoxy) is 2. The van der Waals surface area contributed by atoms with E-state index in [-0.39, 0.29) is 24.6 Å². The summed E-state index contributed by atoms with van der Waals surface area (Å²) in [4.78, 5) is 27.6. The van der Waals surface area contributed by atoms with Gasteiger partial charge < -0.3 is 24.8 Å². The summed E-state index contributed by atoms with van der Waals surface area (Å²) in [6.45, 7) is 0.601. The van der Waals surface area contributed by atoms with Crippen LogP contribution in [0.3, 0.4) is 0 Å². The molecule has 2 fully saturated rings. The van der Waals surface area contributed by atoms with E-state index in [9.17, 15) is 19.3 Å². The molecule has 0 bridgehead atoms. The molecule has 184 valence electrons. The van der Waals surface area contributed by atoms with E-state index in [1.54, 1.807) is 18.2 Å².